The fourth-order valence-corrected chi connectivity index (χ4v) is 0.688. The van der Waals surface area contributed by atoms with Crippen molar-refractivity contribution >= 4 is 34.6 Å². The highest BCUT2D eigenvalue weighted by atomic mass is 24.3. The van der Waals surface area contributed by atoms with Gasteiger partial charge >= 0.3 is 23.1 Å². The summed E-state index contributed by atoms with van der Waals surface area (Å²) in [5.74, 6) is -0.361. The zero-order valence-corrected chi connectivity index (χ0v) is 3.94. The molecule has 0 bridgehead atoms. The highest BCUT2D eigenvalue weighted by molar-refractivity contribution is 6.38. The van der Waals surface area contributed by atoms with Gasteiger partial charge in [-0.2, -0.15) is 0 Å². The van der Waals surface area contributed by atoms with E-state index in [0.29, 0.717) is 12.8 Å². The number of Topliss-reactive ketones (excluding diaryl/α,β-unsaturated/α-hetero) is 2. The van der Waals surface area contributed by atoms with Gasteiger partial charge in [-0.1, -0.05) is 0 Å². The van der Waals surface area contributed by atoms with Gasteiger partial charge in [0.1, 0.15) is 0 Å². The summed E-state index contributed by atoms with van der Waals surface area (Å²) in [6.45, 7) is 0. The fourth-order valence-electron chi connectivity index (χ4n) is 0.688. The zero-order valence-electron chi connectivity index (χ0n) is 3.94. The smallest absolute Gasteiger partial charge is 0.291 e. The summed E-state index contributed by atoms with van der Waals surface area (Å²) in [7, 11) is 0. The lowest BCUT2D eigenvalue weighted by Gasteiger charge is -1.72. The third-order valence-electron chi connectivity index (χ3n) is 1.12. The Labute approximate surface area is 63.8 Å². The molecule has 42 valence electrons. The minimum Gasteiger partial charge on any atom is -0.291 e. The van der Waals surface area contributed by atoms with Gasteiger partial charge < -0.3 is 0 Å². The van der Waals surface area contributed by atoms with Crippen LogP contribution < -0.4 is 0 Å². The molecule has 0 spiro atoms. The number of carbonyl (C=O) groups excluding carboxylic acids is 2. The third kappa shape index (κ3) is 1.56. The van der Waals surface area contributed by atoms with Gasteiger partial charge in [-0.25, -0.2) is 0 Å². The van der Waals surface area contributed by atoms with Crippen molar-refractivity contribution in [3.63, 3.8) is 0 Å². The lowest BCUT2D eigenvalue weighted by atomic mass is 10.3. The van der Waals surface area contributed by atoms with Crippen LogP contribution in [0.2, 0.25) is 0 Å². The first-order valence-corrected chi connectivity index (χ1v) is 2.37. The zero-order chi connectivity index (χ0) is 5.28. The van der Waals surface area contributed by atoms with Gasteiger partial charge in [-0.3, -0.25) is 9.59 Å². The van der Waals surface area contributed by atoms with E-state index >= 15 is 0 Å². The monoisotopic (exact) mass is 124 g/mol. The van der Waals surface area contributed by atoms with Crippen molar-refractivity contribution in [3.8, 4) is 0 Å². The van der Waals surface area contributed by atoms with Gasteiger partial charge in [-0.05, 0) is 6.42 Å². The minimum atomic E-state index is -0.181. The number of rotatable bonds is 0. The molecule has 0 heterocycles. The van der Waals surface area contributed by atoms with Crippen molar-refractivity contribution in [2.45, 2.75) is 19.3 Å². The molecule has 0 aromatic rings. The van der Waals surface area contributed by atoms with Gasteiger partial charge in [0, 0.05) is 12.8 Å². The number of hydrogen-bond donors (Lipinski definition) is 0. The molecule has 0 N–H and O–H groups in total. The van der Waals surface area contributed by atoms with E-state index in [2.05, 4.69) is 0 Å². The fraction of sp³-hybridized carbons (Fsp3) is 0.600. The molecular formula is C5H8MgO2. The van der Waals surface area contributed by atoms with Crippen molar-refractivity contribution in [2.24, 2.45) is 0 Å². The van der Waals surface area contributed by atoms with Crippen molar-refractivity contribution < 1.29 is 9.59 Å². The molecule has 0 amide bonds. The van der Waals surface area contributed by atoms with Crippen LogP contribution in [-0.4, -0.2) is 34.6 Å². The average Bonchev–Trinajstić information content (AvgIpc) is 1.91. The van der Waals surface area contributed by atoms with Crippen LogP contribution in [0.5, 0.6) is 0 Å². The molecule has 0 atom stereocenters. The van der Waals surface area contributed by atoms with Crippen LogP contribution in [0.1, 0.15) is 19.3 Å². The molecule has 0 radical (unpaired) electrons. The van der Waals surface area contributed by atoms with E-state index in [9.17, 15) is 9.59 Å². The highest BCUT2D eigenvalue weighted by Crippen LogP contribution is 2.07. The van der Waals surface area contributed by atoms with Gasteiger partial charge in [-0.15, -0.1) is 0 Å². The van der Waals surface area contributed by atoms with E-state index in [1.54, 1.807) is 0 Å². The van der Waals surface area contributed by atoms with Crippen LogP contribution >= 0.6 is 0 Å². The quantitative estimate of drug-likeness (QED) is 0.319. The summed E-state index contributed by atoms with van der Waals surface area (Å²) in [6.07, 6.45) is 1.75. The van der Waals surface area contributed by atoms with Crippen molar-refractivity contribution in [1.82, 2.24) is 0 Å². The minimum absolute atomic E-state index is 0. The van der Waals surface area contributed by atoms with Crippen molar-refractivity contribution in [3.05, 3.63) is 0 Å². The molecule has 3 heteroatoms. The van der Waals surface area contributed by atoms with Crippen LogP contribution in [0.15, 0.2) is 0 Å². The van der Waals surface area contributed by atoms with Crippen LogP contribution in [0.4, 0.5) is 0 Å². The molecule has 0 aromatic heterocycles. The van der Waals surface area contributed by atoms with Crippen molar-refractivity contribution in [1.29, 1.82) is 0 Å². The summed E-state index contributed by atoms with van der Waals surface area (Å²) >= 11 is 0. The first kappa shape index (κ1) is 8.11. The van der Waals surface area contributed by atoms with Gasteiger partial charge in [0.2, 0.25) is 0 Å². The van der Waals surface area contributed by atoms with E-state index in [1.807, 2.05) is 0 Å². The Morgan fingerprint density at radius 3 is 1.50 bits per heavy atom. The maximum atomic E-state index is 10.2. The van der Waals surface area contributed by atoms with Crippen molar-refractivity contribution in [2.75, 3.05) is 0 Å². The summed E-state index contributed by atoms with van der Waals surface area (Å²) in [4.78, 5) is 20.4. The number of ketones is 2. The Hall–Kier alpha value is 0.106. The van der Waals surface area contributed by atoms with Gasteiger partial charge in [0.15, 0.2) is 11.6 Å². The summed E-state index contributed by atoms with van der Waals surface area (Å²) in [6, 6.07) is 0. The molecule has 1 saturated carbocycles. The predicted molar refractivity (Wildman–Crippen MR) is 32.4 cm³/mol. The second-order valence-corrected chi connectivity index (χ2v) is 1.70. The number of hydrogen-bond acceptors (Lipinski definition) is 2. The van der Waals surface area contributed by atoms with Crippen LogP contribution in [0.3, 0.4) is 0 Å². The molecule has 1 rings (SSSR count). The Balaban J connectivity index is 0.000000490. The van der Waals surface area contributed by atoms with E-state index in [4.69, 9.17) is 0 Å². The maximum absolute atomic E-state index is 10.2. The summed E-state index contributed by atoms with van der Waals surface area (Å²) in [5, 5.41) is 0. The Bertz CT molecular complexity index is 106. The van der Waals surface area contributed by atoms with Gasteiger partial charge in [0.25, 0.3) is 0 Å². The maximum Gasteiger partial charge on any atom is 0.316 e. The summed E-state index contributed by atoms with van der Waals surface area (Å²) < 4.78 is 0. The molecule has 0 aliphatic heterocycles. The van der Waals surface area contributed by atoms with Crippen LogP contribution in [-0.2, 0) is 9.59 Å². The predicted octanol–water partition coefficient (Wildman–Crippen LogP) is -0.608. The molecular weight excluding hydrogens is 116 g/mol. The molecule has 1 fully saturated rings. The standard InChI is InChI=1S/C5H6O2.Mg.2H/c6-4-2-1-3-5(4)7;;;/h1-3H2;;;. The topological polar surface area (TPSA) is 34.1 Å². The molecule has 8 heavy (non-hydrogen) atoms. The molecule has 1 aliphatic carbocycles. The first-order chi connectivity index (χ1) is 3.30. The molecule has 0 unspecified atom stereocenters. The lowest BCUT2D eigenvalue weighted by Crippen LogP contribution is -2.01. The first-order valence-electron chi connectivity index (χ1n) is 2.37. The Morgan fingerprint density at radius 2 is 1.38 bits per heavy atom. The van der Waals surface area contributed by atoms with Gasteiger partial charge in [0.05, 0.1) is 0 Å². The lowest BCUT2D eigenvalue weighted by molar-refractivity contribution is -0.134. The second kappa shape index (κ2) is 3.20. The normalized spacial score (nSPS) is 18.5. The summed E-state index contributed by atoms with van der Waals surface area (Å²) in [5.41, 5.74) is 0. The Kier molecular flexibility index (Phi) is 3.24. The molecule has 2 nitrogen and oxygen atoms in total. The van der Waals surface area contributed by atoms with E-state index in [-0.39, 0.29) is 34.6 Å². The third-order valence-corrected chi connectivity index (χ3v) is 1.12. The SMILES string of the molecule is O=C1CCCC1=O.[MgH2]. The average molecular weight is 124 g/mol. The van der Waals surface area contributed by atoms with E-state index < -0.39 is 0 Å². The molecule has 1 aliphatic rings. The van der Waals surface area contributed by atoms with E-state index in [0.717, 1.165) is 6.42 Å². The Morgan fingerprint density at radius 1 is 1.00 bits per heavy atom. The van der Waals surface area contributed by atoms with Crippen LogP contribution in [0, 0.1) is 0 Å². The van der Waals surface area contributed by atoms with E-state index in [1.165, 1.54) is 0 Å². The second-order valence-electron chi connectivity index (χ2n) is 1.70. The molecule has 0 saturated heterocycles. The molecule has 0 aromatic carbocycles. The number of carbonyl (C=O) groups is 2. The largest absolute Gasteiger partial charge is 0.316 e. The highest BCUT2D eigenvalue weighted by Gasteiger charge is 2.19. The van der Waals surface area contributed by atoms with Crippen LogP contribution in [0.25, 0.3) is 0 Å².